The zero-order chi connectivity index (χ0) is 24.6. The summed E-state index contributed by atoms with van der Waals surface area (Å²) in [6.45, 7) is 3.28. The Hall–Kier alpha value is -3.46. The van der Waals surface area contributed by atoms with E-state index < -0.39 is 6.10 Å². The molecule has 1 saturated carbocycles. The lowest BCUT2D eigenvalue weighted by Crippen LogP contribution is -2.49. The lowest BCUT2D eigenvalue weighted by Gasteiger charge is -2.35. The van der Waals surface area contributed by atoms with Crippen LogP contribution in [0.5, 0.6) is 0 Å². The van der Waals surface area contributed by atoms with Gasteiger partial charge in [-0.1, -0.05) is 12.5 Å². The molecule has 0 radical (unpaired) electrons. The summed E-state index contributed by atoms with van der Waals surface area (Å²) >= 11 is 0. The Labute approximate surface area is 210 Å². The predicted octanol–water partition coefficient (Wildman–Crippen LogP) is 3.32. The highest BCUT2D eigenvalue weighted by Crippen LogP contribution is 2.38. The molecular weight excluding hydrogens is 456 g/mol. The topological polar surface area (TPSA) is 92.6 Å². The summed E-state index contributed by atoms with van der Waals surface area (Å²) in [5.74, 6) is 2.19. The van der Waals surface area contributed by atoms with Gasteiger partial charge in [-0.25, -0.2) is 9.97 Å². The molecular formula is C27H32N6O3. The van der Waals surface area contributed by atoms with E-state index in [1.165, 1.54) is 6.42 Å². The van der Waals surface area contributed by atoms with E-state index in [0.717, 1.165) is 55.0 Å². The number of ether oxygens (including phenoxy) is 1. The SMILES string of the molecule is Cn1c(C2CCC2)nc2cc(C(=O)N3CCN(c4ccccn4)CC3)cc(NC(=O)C3CCCO3)c21. The normalized spacial score (nSPS) is 20.5. The molecule has 1 unspecified atom stereocenters. The van der Waals surface area contributed by atoms with Crippen molar-refractivity contribution < 1.29 is 14.3 Å². The van der Waals surface area contributed by atoms with Crippen molar-refractivity contribution in [1.29, 1.82) is 0 Å². The number of nitrogens with zero attached hydrogens (tertiary/aromatic N) is 5. The minimum absolute atomic E-state index is 0.0407. The maximum absolute atomic E-state index is 13.6. The Morgan fingerprint density at radius 2 is 1.89 bits per heavy atom. The summed E-state index contributed by atoms with van der Waals surface area (Å²) < 4.78 is 7.69. The van der Waals surface area contributed by atoms with E-state index in [4.69, 9.17) is 9.72 Å². The molecule has 9 heteroatoms. The van der Waals surface area contributed by atoms with Gasteiger partial charge < -0.3 is 24.4 Å². The fourth-order valence-electron chi connectivity index (χ4n) is 5.48. The lowest BCUT2D eigenvalue weighted by atomic mass is 9.85. The molecule has 1 aliphatic carbocycles. The van der Waals surface area contributed by atoms with E-state index in [2.05, 4.69) is 19.8 Å². The number of hydrogen-bond donors (Lipinski definition) is 1. The first kappa shape index (κ1) is 23.0. The molecule has 3 aliphatic rings. The van der Waals surface area contributed by atoms with Crippen LogP contribution in [0.1, 0.15) is 54.2 Å². The van der Waals surface area contributed by atoms with E-state index in [9.17, 15) is 9.59 Å². The highest BCUT2D eigenvalue weighted by Gasteiger charge is 2.30. The van der Waals surface area contributed by atoms with Gasteiger partial charge in [0.15, 0.2) is 0 Å². The number of anilines is 2. The molecule has 6 rings (SSSR count). The van der Waals surface area contributed by atoms with Crippen LogP contribution in [0.4, 0.5) is 11.5 Å². The number of amides is 2. The molecule has 1 aromatic carbocycles. The fourth-order valence-corrected chi connectivity index (χ4v) is 5.48. The van der Waals surface area contributed by atoms with Gasteiger partial charge in [0, 0.05) is 57.5 Å². The maximum Gasteiger partial charge on any atom is 0.254 e. The standard InChI is InChI=1S/C27H32N6O3/c1-31-24-20(29-25(31)18-6-4-7-18)16-19(17-21(24)30-26(34)22-8-5-15-36-22)27(35)33-13-11-32(12-14-33)23-9-2-3-10-28-23/h2-3,9-10,16-18,22H,4-8,11-15H2,1H3,(H,30,34). The lowest BCUT2D eigenvalue weighted by molar-refractivity contribution is -0.124. The number of nitrogens with one attached hydrogen (secondary N) is 1. The number of pyridine rings is 1. The Balaban J connectivity index is 1.28. The minimum Gasteiger partial charge on any atom is -0.368 e. The van der Waals surface area contributed by atoms with E-state index in [-0.39, 0.29) is 11.8 Å². The van der Waals surface area contributed by atoms with E-state index in [1.807, 2.05) is 42.3 Å². The number of rotatable bonds is 5. The van der Waals surface area contributed by atoms with Crippen LogP contribution in [-0.4, -0.2) is 70.1 Å². The molecule has 0 spiro atoms. The smallest absolute Gasteiger partial charge is 0.254 e. The van der Waals surface area contributed by atoms with Crippen LogP contribution in [0.25, 0.3) is 11.0 Å². The molecule has 4 heterocycles. The number of benzene rings is 1. The van der Waals surface area contributed by atoms with Crippen LogP contribution < -0.4 is 10.2 Å². The van der Waals surface area contributed by atoms with Gasteiger partial charge in [-0.05, 0) is 49.9 Å². The van der Waals surface area contributed by atoms with Crippen LogP contribution in [-0.2, 0) is 16.6 Å². The van der Waals surface area contributed by atoms with Crippen molar-refractivity contribution in [2.75, 3.05) is 43.0 Å². The zero-order valence-corrected chi connectivity index (χ0v) is 20.7. The third kappa shape index (κ3) is 4.21. The number of imidazole rings is 1. The van der Waals surface area contributed by atoms with Crippen LogP contribution in [0.3, 0.4) is 0 Å². The molecule has 2 amide bonds. The molecule has 3 aromatic rings. The van der Waals surface area contributed by atoms with Gasteiger partial charge in [0.1, 0.15) is 17.7 Å². The van der Waals surface area contributed by atoms with Crippen molar-refractivity contribution in [2.45, 2.75) is 44.1 Å². The third-order valence-electron chi connectivity index (χ3n) is 7.74. The number of fused-ring (bicyclic) bond motifs is 1. The Morgan fingerprint density at radius 3 is 2.56 bits per heavy atom. The monoisotopic (exact) mass is 488 g/mol. The average Bonchev–Trinajstić information content (AvgIpc) is 3.52. The van der Waals surface area contributed by atoms with Crippen molar-refractivity contribution in [3.05, 3.63) is 47.9 Å². The number of aromatic nitrogens is 3. The molecule has 1 atom stereocenters. The average molecular weight is 489 g/mol. The first-order valence-electron chi connectivity index (χ1n) is 13.0. The summed E-state index contributed by atoms with van der Waals surface area (Å²) in [6.07, 6.45) is 6.41. The first-order chi connectivity index (χ1) is 17.6. The Morgan fingerprint density at radius 1 is 1.06 bits per heavy atom. The number of carbonyl (C=O) groups excluding carboxylic acids is 2. The molecule has 188 valence electrons. The van der Waals surface area contributed by atoms with Crippen molar-refractivity contribution in [2.24, 2.45) is 7.05 Å². The molecule has 2 saturated heterocycles. The number of carbonyl (C=O) groups is 2. The number of piperazine rings is 1. The second-order valence-corrected chi connectivity index (χ2v) is 10.0. The molecule has 2 aliphatic heterocycles. The zero-order valence-electron chi connectivity index (χ0n) is 20.7. The summed E-state index contributed by atoms with van der Waals surface area (Å²) in [6, 6.07) is 9.58. The van der Waals surface area contributed by atoms with Crippen LogP contribution in [0.15, 0.2) is 36.5 Å². The van der Waals surface area contributed by atoms with E-state index in [1.54, 1.807) is 6.20 Å². The van der Waals surface area contributed by atoms with Crippen molar-refractivity contribution >= 4 is 34.4 Å². The van der Waals surface area contributed by atoms with Crippen LogP contribution in [0, 0.1) is 0 Å². The molecule has 1 N–H and O–H groups in total. The maximum atomic E-state index is 13.6. The summed E-state index contributed by atoms with van der Waals surface area (Å²) in [5.41, 5.74) is 2.79. The van der Waals surface area contributed by atoms with Crippen molar-refractivity contribution in [1.82, 2.24) is 19.4 Å². The molecule has 36 heavy (non-hydrogen) atoms. The summed E-state index contributed by atoms with van der Waals surface area (Å²) in [7, 11) is 2.00. The van der Waals surface area contributed by atoms with Crippen LogP contribution in [0.2, 0.25) is 0 Å². The molecule has 3 fully saturated rings. The van der Waals surface area contributed by atoms with Gasteiger partial charge >= 0.3 is 0 Å². The first-order valence-corrected chi connectivity index (χ1v) is 13.0. The van der Waals surface area contributed by atoms with Gasteiger partial charge in [-0.3, -0.25) is 9.59 Å². The third-order valence-corrected chi connectivity index (χ3v) is 7.74. The molecule has 9 nitrogen and oxygen atoms in total. The quantitative estimate of drug-likeness (QED) is 0.592. The van der Waals surface area contributed by atoms with Gasteiger partial charge in [0.2, 0.25) is 0 Å². The Kier molecular flexibility index (Phi) is 6.08. The number of hydrogen-bond acceptors (Lipinski definition) is 6. The second kappa shape index (κ2) is 9.54. The summed E-state index contributed by atoms with van der Waals surface area (Å²) in [4.78, 5) is 40.0. The molecule has 2 aromatic heterocycles. The predicted molar refractivity (Wildman–Crippen MR) is 137 cm³/mol. The highest BCUT2D eigenvalue weighted by atomic mass is 16.5. The highest BCUT2D eigenvalue weighted by molar-refractivity contribution is 6.06. The molecule has 0 bridgehead atoms. The largest absolute Gasteiger partial charge is 0.368 e. The fraction of sp³-hybridized carbons (Fsp3) is 0.481. The number of aryl methyl sites for hydroxylation is 1. The van der Waals surface area contributed by atoms with Gasteiger partial charge in [0.25, 0.3) is 11.8 Å². The van der Waals surface area contributed by atoms with E-state index in [0.29, 0.717) is 43.3 Å². The van der Waals surface area contributed by atoms with E-state index >= 15 is 0 Å². The van der Waals surface area contributed by atoms with Crippen molar-refractivity contribution in [3.63, 3.8) is 0 Å². The van der Waals surface area contributed by atoms with Gasteiger partial charge in [-0.2, -0.15) is 0 Å². The van der Waals surface area contributed by atoms with Crippen LogP contribution >= 0.6 is 0 Å². The second-order valence-electron chi connectivity index (χ2n) is 10.0. The van der Waals surface area contributed by atoms with Gasteiger partial charge in [-0.15, -0.1) is 0 Å². The minimum atomic E-state index is -0.446. The summed E-state index contributed by atoms with van der Waals surface area (Å²) in [5, 5.41) is 3.07. The van der Waals surface area contributed by atoms with Crippen molar-refractivity contribution in [3.8, 4) is 0 Å². The Bertz CT molecular complexity index is 1270. The van der Waals surface area contributed by atoms with Gasteiger partial charge in [0.05, 0.1) is 16.7 Å².